The summed E-state index contributed by atoms with van der Waals surface area (Å²) in [7, 11) is -3.49. The monoisotopic (exact) mass is 309 g/mol. The second-order valence-corrected chi connectivity index (χ2v) is 7.12. The highest BCUT2D eigenvalue weighted by Gasteiger charge is 2.21. The van der Waals surface area contributed by atoms with Crippen molar-refractivity contribution in [3.8, 4) is 0 Å². The van der Waals surface area contributed by atoms with Crippen LogP contribution in [0.1, 0.15) is 40.5 Å². The van der Waals surface area contributed by atoms with Gasteiger partial charge in [-0.25, -0.2) is 4.79 Å². The molecule has 0 spiro atoms. The van der Waals surface area contributed by atoms with Gasteiger partial charge in [-0.3, -0.25) is 8.98 Å². The molecular formula is C12H23NO6S. The van der Waals surface area contributed by atoms with Gasteiger partial charge in [0.2, 0.25) is 0 Å². The number of rotatable bonds is 7. The molecule has 7 nitrogen and oxygen atoms in total. The van der Waals surface area contributed by atoms with E-state index in [1.54, 1.807) is 20.8 Å². The Kier molecular flexibility index (Phi) is 7.15. The van der Waals surface area contributed by atoms with Crippen molar-refractivity contribution >= 4 is 22.0 Å². The van der Waals surface area contributed by atoms with Crippen molar-refractivity contribution in [3.05, 3.63) is 0 Å². The molecule has 0 aliphatic carbocycles. The van der Waals surface area contributed by atoms with Crippen LogP contribution in [0, 0.1) is 0 Å². The number of ketones is 1. The third kappa shape index (κ3) is 10.7. The largest absolute Gasteiger partial charge is 0.444 e. The van der Waals surface area contributed by atoms with E-state index in [-0.39, 0.29) is 18.8 Å². The Morgan fingerprint density at radius 3 is 2.20 bits per heavy atom. The smallest absolute Gasteiger partial charge is 0.408 e. The summed E-state index contributed by atoms with van der Waals surface area (Å²) in [6, 6.07) is -0.715. The maximum Gasteiger partial charge on any atom is 0.408 e. The van der Waals surface area contributed by atoms with Gasteiger partial charge in [-0.1, -0.05) is 0 Å². The summed E-state index contributed by atoms with van der Waals surface area (Å²) >= 11 is 0. The molecule has 1 amide bonds. The summed E-state index contributed by atoms with van der Waals surface area (Å²) in [5.41, 5.74) is -0.648. The first-order valence-corrected chi connectivity index (χ1v) is 8.07. The third-order valence-corrected chi connectivity index (χ3v) is 2.71. The zero-order valence-corrected chi connectivity index (χ0v) is 13.4. The first-order valence-electron chi connectivity index (χ1n) is 6.25. The zero-order chi connectivity index (χ0) is 16.0. The van der Waals surface area contributed by atoms with Gasteiger partial charge in [0.05, 0.1) is 18.9 Å². The number of Topliss-reactive ketones (excluding diaryl/α,β-unsaturated/α-hetero) is 1. The second kappa shape index (κ2) is 7.58. The Morgan fingerprint density at radius 1 is 1.25 bits per heavy atom. The normalized spacial score (nSPS) is 13.7. The van der Waals surface area contributed by atoms with Crippen LogP contribution >= 0.6 is 0 Å². The van der Waals surface area contributed by atoms with Crippen molar-refractivity contribution in [2.45, 2.75) is 52.2 Å². The van der Waals surface area contributed by atoms with Crippen molar-refractivity contribution in [1.29, 1.82) is 0 Å². The summed E-state index contributed by atoms with van der Waals surface area (Å²) < 4.78 is 31.1. The van der Waals surface area contributed by atoms with Crippen LogP contribution in [0.25, 0.3) is 0 Å². The third-order valence-electron chi connectivity index (χ3n) is 2.12. The molecule has 0 rings (SSSR count). The molecular weight excluding hydrogens is 286 g/mol. The summed E-state index contributed by atoms with van der Waals surface area (Å²) in [5, 5.41) is 2.45. The number of hydrogen-bond donors (Lipinski definition) is 1. The highest BCUT2D eigenvalue weighted by Crippen LogP contribution is 2.08. The molecule has 0 bridgehead atoms. The van der Waals surface area contributed by atoms with Crippen LogP contribution in [0.4, 0.5) is 4.79 Å². The zero-order valence-electron chi connectivity index (χ0n) is 12.6. The van der Waals surface area contributed by atoms with Gasteiger partial charge in [0, 0.05) is 0 Å². The number of amides is 1. The lowest BCUT2D eigenvalue weighted by Crippen LogP contribution is -2.42. The number of carbonyl (C=O) groups is 2. The van der Waals surface area contributed by atoms with Gasteiger partial charge < -0.3 is 10.1 Å². The van der Waals surface area contributed by atoms with E-state index in [9.17, 15) is 18.0 Å². The van der Waals surface area contributed by atoms with Crippen molar-refractivity contribution in [2.24, 2.45) is 0 Å². The predicted molar refractivity (Wildman–Crippen MR) is 73.9 cm³/mol. The van der Waals surface area contributed by atoms with Gasteiger partial charge in [-0.05, 0) is 40.5 Å². The number of ether oxygens (including phenoxy) is 1. The molecule has 8 heteroatoms. The van der Waals surface area contributed by atoms with Crippen molar-refractivity contribution < 1.29 is 26.9 Å². The molecule has 0 fully saturated rings. The van der Waals surface area contributed by atoms with Gasteiger partial charge in [0.1, 0.15) is 5.60 Å². The molecule has 0 aromatic rings. The molecule has 20 heavy (non-hydrogen) atoms. The average Bonchev–Trinajstić information content (AvgIpc) is 2.17. The molecule has 0 aromatic heterocycles. The first-order chi connectivity index (χ1) is 8.91. The van der Waals surface area contributed by atoms with E-state index in [0.717, 1.165) is 6.26 Å². The van der Waals surface area contributed by atoms with Crippen LogP contribution in [-0.4, -0.2) is 44.8 Å². The Balaban J connectivity index is 4.25. The molecule has 0 saturated heterocycles. The van der Waals surface area contributed by atoms with Crippen LogP contribution < -0.4 is 5.32 Å². The lowest BCUT2D eigenvalue weighted by molar-refractivity contribution is -0.119. The summed E-state index contributed by atoms with van der Waals surface area (Å²) in [6.45, 7) is 6.47. The maximum atomic E-state index is 11.6. The SMILES string of the molecule is CC(=O)[C@H](CCCOS(C)(=O)=O)NC(=O)OC(C)(C)C. The maximum absolute atomic E-state index is 11.6. The van der Waals surface area contributed by atoms with Crippen molar-refractivity contribution in [2.75, 3.05) is 12.9 Å². The van der Waals surface area contributed by atoms with Crippen LogP contribution in [0.3, 0.4) is 0 Å². The standard InChI is InChI=1S/C12H23NO6S/c1-9(14)10(7-6-8-18-20(5,16)17)13-11(15)19-12(2,3)4/h10H,6-8H2,1-5H3,(H,13,15)/t10-/m0/s1. The fourth-order valence-electron chi connectivity index (χ4n) is 1.32. The molecule has 0 aromatic carbocycles. The lowest BCUT2D eigenvalue weighted by atomic mass is 10.1. The number of carbonyl (C=O) groups excluding carboxylic acids is 2. The summed E-state index contributed by atoms with van der Waals surface area (Å²) in [5.74, 6) is -0.227. The predicted octanol–water partition coefficient (Wildman–Crippen LogP) is 1.23. The summed E-state index contributed by atoms with van der Waals surface area (Å²) in [6.07, 6.45) is 0.882. The minimum absolute atomic E-state index is 0.0292. The Morgan fingerprint density at radius 2 is 1.80 bits per heavy atom. The van der Waals surface area contributed by atoms with Crippen LogP contribution in [0.15, 0.2) is 0 Å². The van der Waals surface area contributed by atoms with E-state index in [1.165, 1.54) is 6.92 Å². The van der Waals surface area contributed by atoms with Crippen LogP contribution in [0.5, 0.6) is 0 Å². The molecule has 0 unspecified atom stereocenters. The van der Waals surface area contributed by atoms with E-state index < -0.39 is 27.9 Å². The van der Waals surface area contributed by atoms with Crippen LogP contribution in [-0.2, 0) is 23.8 Å². The Hall–Kier alpha value is -1.15. The lowest BCUT2D eigenvalue weighted by Gasteiger charge is -2.22. The fraction of sp³-hybridized carbons (Fsp3) is 0.833. The highest BCUT2D eigenvalue weighted by atomic mass is 32.2. The van der Waals surface area contributed by atoms with Gasteiger partial charge in [0.15, 0.2) is 5.78 Å². The van der Waals surface area contributed by atoms with Gasteiger partial charge >= 0.3 is 6.09 Å². The fourth-order valence-corrected chi connectivity index (χ4v) is 1.75. The molecule has 0 radical (unpaired) electrons. The molecule has 0 aliphatic rings. The van der Waals surface area contributed by atoms with Crippen molar-refractivity contribution in [1.82, 2.24) is 5.32 Å². The number of nitrogens with one attached hydrogen (secondary N) is 1. The Labute approximate surface area is 120 Å². The van der Waals surface area contributed by atoms with Crippen molar-refractivity contribution in [3.63, 3.8) is 0 Å². The minimum Gasteiger partial charge on any atom is -0.444 e. The van der Waals surface area contributed by atoms with E-state index in [0.29, 0.717) is 6.42 Å². The molecule has 1 N–H and O–H groups in total. The second-order valence-electron chi connectivity index (χ2n) is 5.48. The molecule has 1 atom stereocenters. The van der Waals surface area contributed by atoms with E-state index in [4.69, 9.17) is 4.74 Å². The van der Waals surface area contributed by atoms with E-state index in [2.05, 4.69) is 9.50 Å². The molecule has 118 valence electrons. The molecule has 0 aliphatic heterocycles. The number of alkyl carbamates (subject to hydrolysis) is 1. The van der Waals surface area contributed by atoms with Gasteiger partial charge in [-0.2, -0.15) is 8.42 Å². The number of hydrogen-bond acceptors (Lipinski definition) is 6. The van der Waals surface area contributed by atoms with E-state index in [1.807, 2.05) is 0 Å². The van der Waals surface area contributed by atoms with Gasteiger partial charge in [-0.15, -0.1) is 0 Å². The molecule has 0 saturated carbocycles. The minimum atomic E-state index is -3.49. The molecule has 0 heterocycles. The Bertz CT molecular complexity index is 437. The topological polar surface area (TPSA) is 98.8 Å². The highest BCUT2D eigenvalue weighted by molar-refractivity contribution is 7.85. The van der Waals surface area contributed by atoms with Gasteiger partial charge in [0.25, 0.3) is 10.1 Å². The first kappa shape index (κ1) is 18.9. The van der Waals surface area contributed by atoms with Crippen LogP contribution in [0.2, 0.25) is 0 Å². The quantitative estimate of drug-likeness (QED) is 0.561. The van der Waals surface area contributed by atoms with E-state index >= 15 is 0 Å². The summed E-state index contributed by atoms with van der Waals surface area (Å²) in [4.78, 5) is 23.0. The average molecular weight is 309 g/mol.